The molecule has 0 unspecified atom stereocenters. The highest BCUT2D eigenvalue weighted by atomic mass is 16.5. The van der Waals surface area contributed by atoms with Gasteiger partial charge in [0.2, 0.25) is 5.75 Å². The number of phenols is 1. The highest BCUT2D eigenvalue weighted by Crippen LogP contribution is 2.44. The number of phenolic OH excluding ortho intramolecular Hbond substituents is 1. The topological polar surface area (TPSA) is 79.2 Å². The molecule has 0 saturated heterocycles. The minimum Gasteiger partial charge on any atom is -0.502 e. The van der Waals surface area contributed by atoms with E-state index in [1.54, 1.807) is 0 Å². The molecule has 0 spiro atoms. The van der Waals surface area contributed by atoms with E-state index in [9.17, 15) is 15.3 Å². The predicted molar refractivity (Wildman–Crippen MR) is 62.4 cm³/mol. The van der Waals surface area contributed by atoms with Crippen LogP contribution >= 0.6 is 0 Å². The Hall–Kier alpha value is -1.46. The second-order valence-corrected chi connectivity index (χ2v) is 3.52. The van der Waals surface area contributed by atoms with Crippen molar-refractivity contribution in [2.45, 2.75) is 26.6 Å². The molecule has 1 aromatic rings. The summed E-state index contributed by atoms with van der Waals surface area (Å²) in [6.07, 6.45) is 0.596. The lowest BCUT2D eigenvalue weighted by Gasteiger charge is -2.20. The summed E-state index contributed by atoms with van der Waals surface area (Å²) in [5.41, 5.74) is 1.70. The van der Waals surface area contributed by atoms with Gasteiger partial charge in [-0.1, -0.05) is 6.92 Å². The first-order valence-corrected chi connectivity index (χ1v) is 5.35. The average Bonchev–Trinajstić information content (AvgIpc) is 2.36. The van der Waals surface area contributed by atoms with Gasteiger partial charge in [0.1, 0.15) is 0 Å². The Morgan fingerprint density at radius 2 is 1.29 bits per heavy atom. The number of ether oxygens (including phenoxy) is 2. The maximum Gasteiger partial charge on any atom is 0.201 e. The molecule has 0 amide bonds. The van der Waals surface area contributed by atoms with Gasteiger partial charge in [-0.15, -0.1) is 0 Å². The van der Waals surface area contributed by atoms with E-state index in [-0.39, 0.29) is 30.5 Å². The largest absolute Gasteiger partial charge is 0.502 e. The van der Waals surface area contributed by atoms with Crippen LogP contribution in [-0.2, 0) is 19.6 Å². The first-order valence-electron chi connectivity index (χ1n) is 5.35. The fourth-order valence-corrected chi connectivity index (χ4v) is 2.05. The summed E-state index contributed by atoms with van der Waals surface area (Å²) in [7, 11) is 2.82. The number of methoxy groups -OCH3 is 2. The first kappa shape index (κ1) is 13.6. The molecule has 0 aromatic heterocycles. The molecule has 0 bridgehead atoms. The Balaban J connectivity index is 3.66. The molecule has 1 aromatic carbocycles. The highest BCUT2D eigenvalue weighted by Gasteiger charge is 2.23. The van der Waals surface area contributed by atoms with Gasteiger partial charge >= 0.3 is 0 Å². The lowest BCUT2D eigenvalue weighted by Crippen LogP contribution is -2.06. The van der Waals surface area contributed by atoms with Crippen LogP contribution in [0.15, 0.2) is 0 Å². The zero-order valence-electron chi connectivity index (χ0n) is 10.3. The van der Waals surface area contributed by atoms with E-state index in [1.165, 1.54) is 14.2 Å². The van der Waals surface area contributed by atoms with Crippen LogP contribution < -0.4 is 9.47 Å². The Morgan fingerprint density at radius 1 is 0.882 bits per heavy atom. The SMILES string of the molecule is CCc1c(CO)c(OC)c(O)c(OC)c1CO. The van der Waals surface area contributed by atoms with Gasteiger partial charge in [-0.05, 0) is 12.0 Å². The van der Waals surface area contributed by atoms with E-state index in [1.807, 2.05) is 6.92 Å². The van der Waals surface area contributed by atoms with Crippen LogP contribution in [0.3, 0.4) is 0 Å². The van der Waals surface area contributed by atoms with Gasteiger partial charge in [-0.3, -0.25) is 0 Å². The highest BCUT2D eigenvalue weighted by molar-refractivity contribution is 5.62. The molecule has 96 valence electrons. The van der Waals surface area contributed by atoms with E-state index in [0.29, 0.717) is 17.5 Å². The molecule has 0 aliphatic rings. The van der Waals surface area contributed by atoms with Crippen molar-refractivity contribution in [2.24, 2.45) is 0 Å². The maximum atomic E-state index is 9.96. The number of aromatic hydroxyl groups is 1. The fraction of sp³-hybridized carbons (Fsp3) is 0.500. The summed E-state index contributed by atoms with van der Waals surface area (Å²) in [6.45, 7) is 1.36. The van der Waals surface area contributed by atoms with Crippen LogP contribution in [0, 0.1) is 0 Å². The van der Waals surface area contributed by atoms with Crippen LogP contribution in [0.5, 0.6) is 17.2 Å². The number of aliphatic hydroxyl groups excluding tert-OH is 2. The lowest BCUT2D eigenvalue weighted by atomic mass is 9.96. The van der Waals surface area contributed by atoms with E-state index < -0.39 is 0 Å². The number of rotatable bonds is 5. The Labute approximate surface area is 100 Å². The third kappa shape index (κ3) is 2.16. The molecule has 0 aliphatic carbocycles. The molecular formula is C12H18O5. The van der Waals surface area contributed by atoms with Crippen molar-refractivity contribution in [2.75, 3.05) is 14.2 Å². The van der Waals surface area contributed by atoms with Crippen LogP contribution in [0.4, 0.5) is 0 Å². The van der Waals surface area contributed by atoms with Gasteiger partial charge in [0.05, 0.1) is 27.4 Å². The number of hydrogen-bond donors (Lipinski definition) is 3. The van der Waals surface area contributed by atoms with Gasteiger partial charge in [0.25, 0.3) is 0 Å². The normalized spacial score (nSPS) is 10.4. The van der Waals surface area contributed by atoms with E-state index in [0.717, 1.165) is 5.56 Å². The summed E-state index contributed by atoms with van der Waals surface area (Å²) in [4.78, 5) is 0. The molecule has 0 saturated carbocycles. The van der Waals surface area contributed by atoms with E-state index in [4.69, 9.17) is 9.47 Å². The standard InChI is InChI=1S/C12H18O5/c1-4-7-8(5-13)11(16-2)10(15)12(17-3)9(7)6-14/h13-15H,4-6H2,1-3H3. The quantitative estimate of drug-likeness (QED) is 0.716. The molecule has 5 heteroatoms. The summed E-state index contributed by atoms with van der Waals surface area (Å²) in [6, 6.07) is 0. The second kappa shape index (κ2) is 5.75. The van der Waals surface area contributed by atoms with Crippen LogP contribution in [-0.4, -0.2) is 29.5 Å². The number of benzene rings is 1. The van der Waals surface area contributed by atoms with Gasteiger partial charge in [0.15, 0.2) is 11.5 Å². The second-order valence-electron chi connectivity index (χ2n) is 3.52. The van der Waals surface area contributed by atoms with Gasteiger partial charge in [-0.25, -0.2) is 0 Å². The smallest absolute Gasteiger partial charge is 0.201 e. The van der Waals surface area contributed by atoms with E-state index in [2.05, 4.69) is 0 Å². The van der Waals surface area contributed by atoms with Gasteiger partial charge in [-0.2, -0.15) is 0 Å². The van der Waals surface area contributed by atoms with Crippen molar-refractivity contribution in [3.8, 4) is 17.2 Å². The van der Waals surface area contributed by atoms with Crippen molar-refractivity contribution in [1.29, 1.82) is 0 Å². The van der Waals surface area contributed by atoms with Gasteiger partial charge in [0, 0.05) is 11.1 Å². The minimum absolute atomic E-state index is 0.193. The number of aliphatic hydroxyl groups is 2. The van der Waals surface area contributed by atoms with Crippen molar-refractivity contribution in [1.82, 2.24) is 0 Å². The van der Waals surface area contributed by atoms with Crippen LogP contribution in [0.2, 0.25) is 0 Å². The molecule has 0 heterocycles. The average molecular weight is 242 g/mol. The predicted octanol–water partition coefficient (Wildman–Crippen LogP) is 0.956. The van der Waals surface area contributed by atoms with Crippen molar-refractivity contribution in [3.05, 3.63) is 16.7 Å². The molecule has 0 fully saturated rings. The van der Waals surface area contributed by atoms with Crippen LogP contribution in [0.1, 0.15) is 23.6 Å². The molecule has 3 N–H and O–H groups in total. The number of hydrogen-bond acceptors (Lipinski definition) is 5. The zero-order valence-corrected chi connectivity index (χ0v) is 10.3. The monoisotopic (exact) mass is 242 g/mol. The molecule has 17 heavy (non-hydrogen) atoms. The third-order valence-electron chi connectivity index (χ3n) is 2.78. The molecule has 0 aliphatic heterocycles. The Bertz CT molecular complexity index is 367. The fourth-order valence-electron chi connectivity index (χ4n) is 2.05. The molecule has 0 atom stereocenters. The Morgan fingerprint density at radius 3 is 1.53 bits per heavy atom. The summed E-state index contributed by atoms with van der Waals surface area (Å²) in [5, 5.41) is 28.7. The van der Waals surface area contributed by atoms with Crippen LogP contribution in [0.25, 0.3) is 0 Å². The summed E-state index contributed by atoms with van der Waals surface area (Å²) < 4.78 is 10.2. The third-order valence-corrected chi connectivity index (χ3v) is 2.78. The molecular weight excluding hydrogens is 224 g/mol. The zero-order chi connectivity index (χ0) is 13.0. The molecule has 1 rings (SSSR count). The lowest BCUT2D eigenvalue weighted by molar-refractivity contribution is 0.254. The minimum atomic E-state index is -0.267. The molecule has 0 radical (unpaired) electrons. The van der Waals surface area contributed by atoms with Crippen molar-refractivity contribution >= 4 is 0 Å². The van der Waals surface area contributed by atoms with Crippen molar-refractivity contribution < 1.29 is 24.8 Å². The molecule has 5 nitrogen and oxygen atoms in total. The van der Waals surface area contributed by atoms with E-state index >= 15 is 0 Å². The summed E-state index contributed by atoms with van der Waals surface area (Å²) >= 11 is 0. The maximum absolute atomic E-state index is 9.96. The van der Waals surface area contributed by atoms with Gasteiger partial charge < -0.3 is 24.8 Å². The Kier molecular flexibility index (Phi) is 4.60. The summed E-state index contributed by atoms with van der Waals surface area (Å²) in [5.74, 6) is 0.192. The first-order chi connectivity index (χ1) is 8.15. The van der Waals surface area contributed by atoms with Crippen molar-refractivity contribution in [3.63, 3.8) is 0 Å².